The van der Waals surface area contributed by atoms with Gasteiger partial charge in [-0.2, -0.15) is 5.10 Å². The van der Waals surface area contributed by atoms with E-state index in [9.17, 15) is 14.4 Å². The molecule has 260 valence electrons. The van der Waals surface area contributed by atoms with Crippen LogP contribution in [0, 0.1) is 12.8 Å². The van der Waals surface area contributed by atoms with Crippen LogP contribution < -0.4 is 15.4 Å². The SMILES string of the molecule is COc1ccc(C2(C(=O)N3CCCC(=O)N[C@H](Cc4c[nH]c5ccccc45)C(=O)N[C@@H](CC(C)C)c4nc(C)nn4CC3)CCCC2)cc1. The smallest absolute Gasteiger partial charge is 0.243 e. The Bertz CT molecular complexity index is 1770. The fourth-order valence-electron chi connectivity index (χ4n) is 7.64. The number of benzene rings is 2. The second kappa shape index (κ2) is 14.8. The second-order valence-corrected chi connectivity index (χ2v) is 14.0. The number of rotatable bonds is 7. The molecule has 11 heteroatoms. The zero-order valence-corrected chi connectivity index (χ0v) is 29.1. The Kier molecular flexibility index (Phi) is 10.4. The highest BCUT2D eigenvalue weighted by Crippen LogP contribution is 2.43. The van der Waals surface area contributed by atoms with E-state index in [-0.39, 0.29) is 30.1 Å². The molecular formula is C38H49N7O4. The molecule has 49 heavy (non-hydrogen) atoms. The number of amides is 3. The summed E-state index contributed by atoms with van der Waals surface area (Å²) < 4.78 is 7.26. The van der Waals surface area contributed by atoms with E-state index >= 15 is 0 Å². The van der Waals surface area contributed by atoms with Crippen molar-refractivity contribution >= 4 is 28.6 Å². The van der Waals surface area contributed by atoms with Gasteiger partial charge in [-0.25, -0.2) is 9.67 Å². The summed E-state index contributed by atoms with van der Waals surface area (Å²) in [5, 5.41) is 12.1. The van der Waals surface area contributed by atoms with E-state index in [0.29, 0.717) is 50.5 Å². The van der Waals surface area contributed by atoms with E-state index in [1.807, 2.05) is 71.2 Å². The Hall–Kier alpha value is -4.67. The fraction of sp³-hybridized carbons (Fsp3) is 0.500. The van der Waals surface area contributed by atoms with Crippen molar-refractivity contribution in [2.45, 2.75) is 96.2 Å². The molecule has 0 bridgehead atoms. The lowest BCUT2D eigenvalue weighted by atomic mass is 9.77. The van der Waals surface area contributed by atoms with Gasteiger partial charge < -0.3 is 25.3 Å². The van der Waals surface area contributed by atoms with E-state index in [0.717, 1.165) is 53.5 Å². The number of fused-ring (bicyclic) bond motifs is 2. The number of ether oxygens (including phenoxy) is 1. The van der Waals surface area contributed by atoms with E-state index in [1.54, 1.807) is 7.11 Å². The minimum Gasteiger partial charge on any atom is -0.497 e. The highest BCUT2D eigenvalue weighted by molar-refractivity contribution is 5.90. The van der Waals surface area contributed by atoms with Gasteiger partial charge in [0.15, 0.2) is 0 Å². The van der Waals surface area contributed by atoms with Crippen molar-refractivity contribution in [1.82, 2.24) is 35.3 Å². The van der Waals surface area contributed by atoms with Gasteiger partial charge in [-0.05, 0) is 67.9 Å². The van der Waals surface area contributed by atoms with Crippen molar-refractivity contribution in [1.29, 1.82) is 0 Å². The molecule has 2 aromatic heterocycles. The first-order valence-electron chi connectivity index (χ1n) is 17.7. The lowest BCUT2D eigenvalue weighted by Gasteiger charge is -2.35. The number of methoxy groups -OCH3 is 1. The van der Waals surface area contributed by atoms with Crippen LogP contribution >= 0.6 is 0 Å². The molecule has 3 heterocycles. The van der Waals surface area contributed by atoms with Crippen LogP contribution in [0.5, 0.6) is 5.75 Å². The summed E-state index contributed by atoms with van der Waals surface area (Å²) in [6, 6.07) is 14.6. The quantitative estimate of drug-likeness (QED) is 0.250. The monoisotopic (exact) mass is 667 g/mol. The summed E-state index contributed by atoms with van der Waals surface area (Å²) in [4.78, 5) is 52.3. The molecule has 0 saturated heterocycles. The number of nitrogens with one attached hydrogen (secondary N) is 3. The molecule has 6 rings (SSSR count). The number of hydrogen-bond donors (Lipinski definition) is 3. The third kappa shape index (κ3) is 7.50. The molecule has 1 aliphatic heterocycles. The lowest BCUT2D eigenvalue weighted by Crippen LogP contribution is -2.50. The Morgan fingerprint density at radius 1 is 0.980 bits per heavy atom. The van der Waals surface area contributed by atoms with Gasteiger partial charge in [-0.15, -0.1) is 0 Å². The average molecular weight is 668 g/mol. The standard InChI is InChI=1S/C38H49N7O4/c1-25(2)22-32-35-40-26(3)43-45(35)21-20-44(37(48)38(17-7-8-18-38)28-13-15-29(49-4)16-14-28)19-9-12-34(46)41-33(36(47)42-32)23-27-24-39-31-11-6-5-10-30(27)31/h5-6,10-11,13-16,24-25,32-33,39H,7-9,12,17-23H2,1-4H3,(H,41,46)(H,42,47)/t32-,33+/m0/s1. The molecule has 3 amide bonds. The Morgan fingerprint density at radius 2 is 1.73 bits per heavy atom. The Labute approximate surface area is 288 Å². The second-order valence-electron chi connectivity index (χ2n) is 14.0. The number of H-pyrrole nitrogens is 1. The van der Waals surface area contributed by atoms with E-state index in [2.05, 4.69) is 29.5 Å². The number of aromatic nitrogens is 4. The number of carbonyl (C=O) groups is 3. The van der Waals surface area contributed by atoms with E-state index in [4.69, 9.17) is 14.8 Å². The van der Waals surface area contributed by atoms with Gasteiger partial charge in [0.05, 0.1) is 25.1 Å². The first-order valence-corrected chi connectivity index (χ1v) is 17.7. The van der Waals surface area contributed by atoms with Crippen LogP contribution in [0.1, 0.15) is 87.6 Å². The molecule has 0 radical (unpaired) electrons. The fourth-order valence-corrected chi connectivity index (χ4v) is 7.64. The third-order valence-electron chi connectivity index (χ3n) is 10.1. The molecule has 1 aliphatic carbocycles. The van der Waals surface area contributed by atoms with Crippen LogP contribution in [0.3, 0.4) is 0 Å². The van der Waals surface area contributed by atoms with Crippen LogP contribution in [0.15, 0.2) is 54.7 Å². The first kappa shape index (κ1) is 34.2. The predicted octanol–water partition coefficient (Wildman–Crippen LogP) is 5.14. The first-order chi connectivity index (χ1) is 23.7. The Balaban J connectivity index is 1.32. The summed E-state index contributed by atoms with van der Waals surface area (Å²) in [5.74, 6) is 1.89. The average Bonchev–Trinajstić information content (AvgIpc) is 3.84. The summed E-state index contributed by atoms with van der Waals surface area (Å²) >= 11 is 0. The van der Waals surface area contributed by atoms with Gasteiger partial charge in [-0.1, -0.05) is 57.0 Å². The third-order valence-corrected chi connectivity index (χ3v) is 10.1. The normalized spacial score (nSPS) is 20.5. The molecule has 2 atom stereocenters. The Morgan fingerprint density at radius 3 is 2.47 bits per heavy atom. The number of aryl methyl sites for hydroxylation is 1. The maximum atomic E-state index is 14.7. The topological polar surface area (TPSA) is 134 Å². The van der Waals surface area contributed by atoms with Crippen molar-refractivity contribution in [3.05, 3.63) is 77.5 Å². The molecule has 1 saturated carbocycles. The molecule has 1 fully saturated rings. The molecule has 3 N–H and O–H groups in total. The van der Waals surface area contributed by atoms with Crippen molar-refractivity contribution < 1.29 is 19.1 Å². The highest BCUT2D eigenvalue weighted by Gasteiger charge is 2.45. The highest BCUT2D eigenvalue weighted by atomic mass is 16.5. The van der Waals surface area contributed by atoms with Crippen LogP contribution in [0.2, 0.25) is 0 Å². The minimum atomic E-state index is -0.795. The molecular weight excluding hydrogens is 618 g/mol. The maximum Gasteiger partial charge on any atom is 0.243 e. The van der Waals surface area contributed by atoms with Crippen molar-refractivity contribution in [2.75, 3.05) is 20.2 Å². The number of carbonyl (C=O) groups excluding carboxylic acids is 3. The van der Waals surface area contributed by atoms with Crippen LogP contribution in [0.4, 0.5) is 0 Å². The van der Waals surface area contributed by atoms with Gasteiger partial charge in [0.1, 0.15) is 23.4 Å². The molecule has 11 nitrogen and oxygen atoms in total. The van der Waals surface area contributed by atoms with Crippen molar-refractivity contribution in [2.24, 2.45) is 5.92 Å². The molecule has 0 unspecified atom stereocenters. The van der Waals surface area contributed by atoms with Gasteiger partial charge in [0, 0.05) is 43.0 Å². The summed E-state index contributed by atoms with van der Waals surface area (Å²) in [6.07, 6.45) is 7.06. The van der Waals surface area contributed by atoms with Gasteiger partial charge >= 0.3 is 0 Å². The molecule has 2 aromatic carbocycles. The number of hydrogen-bond acceptors (Lipinski definition) is 6. The molecule has 0 spiro atoms. The van der Waals surface area contributed by atoms with Crippen LogP contribution in [-0.4, -0.2) is 68.6 Å². The van der Waals surface area contributed by atoms with Crippen LogP contribution in [0.25, 0.3) is 10.9 Å². The molecule has 4 aromatic rings. The van der Waals surface area contributed by atoms with E-state index < -0.39 is 17.5 Å². The number of para-hydroxylation sites is 1. The van der Waals surface area contributed by atoms with E-state index in [1.165, 1.54) is 0 Å². The number of nitrogens with zero attached hydrogens (tertiary/aromatic N) is 4. The zero-order chi connectivity index (χ0) is 34.5. The number of aromatic amines is 1. The van der Waals surface area contributed by atoms with Gasteiger partial charge in [-0.3, -0.25) is 14.4 Å². The maximum absolute atomic E-state index is 14.7. The summed E-state index contributed by atoms with van der Waals surface area (Å²) in [5.41, 5.74) is 2.31. The van der Waals surface area contributed by atoms with Crippen molar-refractivity contribution in [3.63, 3.8) is 0 Å². The van der Waals surface area contributed by atoms with Gasteiger partial charge in [0.2, 0.25) is 17.7 Å². The predicted molar refractivity (Wildman–Crippen MR) is 188 cm³/mol. The molecule has 2 aliphatic rings. The summed E-state index contributed by atoms with van der Waals surface area (Å²) in [6.45, 7) is 7.33. The lowest BCUT2D eigenvalue weighted by molar-refractivity contribution is -0.138. The summed E-state index contributed by atoms with van der Waals surface area (Å²) in [7, 11) is 1.64. The minimum absolute atomic E-state index is 0.0882. The van der Waals surface area contributed by atoms with Crippen LogP contribution in [-0.2, 0) is 32.8 Å². The van der Waals surface area contributed by atoms with Gasteiger partial charge in [0.25, 0.3) is 0 Å². The zero-order valence-electron chi connectivity index (χ0n) is 29.1. The largest absolute Gasteiger partial charge is 0.497 e. The van der Waals surface area contributed by atoms with Crippen molar-refractivity contribution in [3.8, 4) is 5.75 Å².